The molecule has 0 spiro atoms. The second-order valence-electron chi connectivity index (χ2n) is 5.08. The summed E-state index contributed by atoms with van der Waals surface area (Å²) in [6, 6.07) is 14.1. The Hall–Kier alpha value is -2.34. The molecule has 0 saturated heterocycles. The lowest BCUT2D eigenvalue weighted by Gasteiger charge is -2.08. The molecular formula is C17H16FN3OS. The van der Waals surface area contributed by atoms with Gasteiger partial charge in [0.25, 0.3) is 0 Å². The summed E-state index contributed by atoms with van der Waals surface area (Å²) in [5.74, 6) is 1.26. The van der Waals surface area contributed by atoms with Crippen molar-refractivity contribution in [1.82, 2.24) is 9.97 Å². The Balaban J connectivity index is 1.60. The molecule has 0 bridgehead atoms. The number of anilines is 1. The van der Waals surface area contributed by atoms with Crippen molar-refractivity contribution in [1.29, 1.82) is 0 Å². The van der Waals surface area contributed by atoms with E-state index in [1.54, 1.807) is 6.07 Å². The first-order valence-electron chi connectivity index (χ1n) is 7.25. The van der Waals surface area contributed by atoms with Crippen LogP contribution in [0.15, 0.2) is 54.9 Å². The Bertz CT molecular complexity index is 826. The van der Waals surface area contributed by atoms with Crippen molar-refractivity contribution >= 4 is 27.5 Å². The van der Waals surface area contributed by atoms with Gasteiger partial charge >= 0.3 is 0 Å². The molecular weight excluding hydrogens is 313 g/mol. The number of nitrogens with zero attached hydrogens (tertiary/aromatic N) is 2. The van der Waals surface area contributed by atoms with Crippen LogP contribution in [0.3, 0.4) is 0 Å². The maximum absolute atomic E-state index is 13.4. The topological polar surface area (TPSA) is 54.9 Å². The van der Waals surface area contributed by atoms with E-state index in [2.05, 4.69) is 15.3 Å². The molecule has 0 radical (unpaired) electrons. The minimum Gasteiger partial charge on any atom is -0.369 e. The monoisotopic (exact) mass is 329 g/mol. The summed E-state index contributed by atoms with van der Waals surface area (Å²) in [5, 5.41) is 3.75. The van der Waals surface area contributed by atoms with E-state index in [4.69, 9.17) is 0 Å². The van der Waals surface area contributed by atoms with Gasteiger partial charge in [0.15, 0.2) is 0 Å². The smallest absolute Gasteiger partial charge is 0.137 e. The molecule has 0 fully saturated rings. The van der Waals surface area contributed by atoms with Crippen LogP contribution in [0.5, 0.6) is 0 Å². The standard InChI is InChI=1S/C17H16FN3OS/c18-14-6-7-16-15(10-14)17(21-12-20-16)19-8-9-23(22)11-13-4-2-1-3-5-13/h1-7,10,12H,8-9,11H2,(H,19,20,21). The van der Waals surface area contributed by atoms with E-state index in [-0.39, 0.29) is 5.82 Å². The molecule has 6 heteroatoms. The summed E-state index contributed by atoms with van der Waals surface area (Å²) in [7, 11) is -0.963. The maximum Gasteiger partial charge on any atom is 0.137 e. The third-order valence-corrected chi connectivity index (χ3v) is 4.70. The van der Waals surface area contributed by atoms with Gasteiger partial charge in [-0.25, -0.2) is 14.4 Å². The zero-order valence-corrected chi connectivity index (χ0v) is 13.2. The Morgan fingerprint density at radius 3 is 2.74 bits per heavy atom. The van der Waals surface area contributed by atoms with Gasteiger partial charge in [-0.3, -0.25) is 4.21 Å². The summed E-state index contributed by atoms with van der Waals surface area (Å²) >= 11 is 0. The molecule has 0 saturated carbocycles. The van der Waals surface area contributed by atoms with Gasteiger partial charge in [-0.2, -0.15) is 0 Å². The summed E-state index contributed by atoms with van der Waals surface area (Å²) in [6.07, 6.45) is 1.43. The molecule has 0 amide bonds. The van der Waals surface area contributed by atoms with Gasteiger partial charge in [0.05, 0.1) is 5.52 Å². The van der Waals surface area contributed by atoms with E-state index in [0.717, 1.165) is 5.56 Å². The molecule has 1 atom stereocenters. The van der Waals surface area contributed by atoms with Gasteiger partial charge in [0, 0.05) is 34.2 Å². The molecule has 4 nitrogen and oxygen atoms in total. The number of benzene rings is 2. The highest BCUT2D eigenvalue weighted by atomic mass is 32.2. The van der Waals surface area contributed by atoms with E-state index in [1.807, 2.05) is 30.3 Å². The number of halogens is 1. The molecule has 3 rings (SSSR count). The van der Waals surface area contributed by atoms with E-state index in [9.17, 15) is 8.60 Å². The van der Waals surface area contributed by atoms with Crippen LogP contribution < -0.4 is 5.32 Å². The summed E-state index contributed by atoms with van der Waals surface area (Å²) in [6.45, 7) is 0.502. The zero-order chi connectivity index (χ0) is 16.1. The van der Waals surface area contributed by atoms with Gasteiger partial charge < -0.3 is 5.32 Å². The van der Waals surface area contributed by atoms with Gasteiger partial charge in [0.1, 0.15) is 18.0 Å². The number of fused-ring (bicyclic) bond motifs is 1. The first-order chi connectivity index (χ1) is 11.2. The molecule has 3 aromatic rings. The maximum atomic E-state index is 13.4. The highest BCUT2D eigenvalue weighted by molar-refractivity contribution is 7.84. The van der Waals surface area contributed by atoms with Crippen molar-refractivity contribution < 1.29 is 8.60 Å². The number of aromatic nitrogens is 2. The van der Waals surface area contributed by atoms with Crippen LogP contribution in [0.25, 0.3) is 10.9 Å². The van der Waals surface area contributed by atoms with Crippen molar-refractivity contribution in [2.24, 2.45) is 0 Å². The summed E-state index contributed by atoms with van der Waals surface area (Å²) < 4.78 is 25.5. The van der Waals surface area contributed by atoms with Crippen molar-refractivity contribution in [3.63, 3.8) is 0 Å². The average molecular weight is 329 g/mol. The molecule has 2 aromatic carbocycles. The second kappa shape index (κ2) is 7.28. The Morgan fingerprint density at radius 1 is 1.09 bits per heavy atom. The van der Waals surface area contributed by atoms with Crippen molar-refractivity contribution in [2.45, 2.75) is 5.75 Å². The fourth-order valence-corrected chi connectivity index (χ4v) is 3.32. The van der Waals surface area contributed by atoms with Crippen LogP contribution in [0.1, 0.15) is 5.56 Å². The molecule has 0 aliphatic rings. The van der Waals surface area contributed by atoms with Crippen molar-refractivity contribution in [3.8, 4) is 0 Å². The van der Waals surface area contributed by atoms with Gasteiger partial charge in [0.2, 0.25) is 0 Å². The van der Waals surface area contributed by atoms with Gasteiger partial charge in [-0.05, 0) is 23.8 Å². The van der Waals surface area contributed by atoms with Crippen LogP contribution in [0.4, 0.5) is 10.2 Å². The highest BCUT2D eigenvalue weighted by Gasteiger charge is 2.06. The summed E-state index contributed by atoms with van der Waals surface area (Å²) in [5.41, 5.74) is 1.73. The molecule has 1 unspecified atom stereocenters. The predicted molar refractivity (Wildman–Crippen MR) is 91.1 cm³/mol. The lowest BCUT2D eigenvalue weighted by atomic mass is 10.2. The molecule has 1 heterocycles. The van der Waals surface area contributed by atoms with Crippen LogP contribution in [-0.2, 0) is 16.6 Å². The van der Waals surface area contributed by atoms with E-state index >= 15 is 0 Å². The molecule has 0 aliphatic carbocycles. The Labute approximate surface area is 136 Å². The number of nitrogens with one attached hydrogen (secondary N) is 1. The first kappa shape index (κ1) is 15.6. The van der Waals surface area contributed by atoms with Crippen molar-refractivity contribution in [2.75, 3.05) is 17.6 Å². The normalized spacial score (nSPS) is 12.2. The predicted octanol–water partition coefficient (Wildman–Crippen LogP) is 3.13. The van der Waals surface area contributed by atoms with Gasteiger partial charge in [-0.1, -0.05) is 30.3 Å². The Morgan fingerprint density at radius 2 is 1.91 bits per heavy atom. The van der Waals surface area contributed by atoms with E-state index < -0.39 is 10.8 Å². The van der Waals surface area contributed by atoms with Crippen molar-refractivity contribution in [3.05, 3.63) is 66.2 Å². The molecule has 1 N–H and O–H groups in total. The lowest BCUT2D eigenvalue weighted by Crippen LogP contribution is -2.13. The molecule has 118 valence electrons. The summed E-state index contributed by atoms with van der Waals surface area (Å²) in [4.78, 5) is 8.25. The van der Waals surface area contributed by atoms with E-state index in [0.29, 0.717) is 34.8 Å². The highest BCUT2D eigenvalue weighted by Crippen LogP contribution is 2.19. The number of hydrogen-bond donors (Lipinski definition) is 1. The number of rotatable bonds is 6. The first-order valence-corrected chi connectivity index (χ1v) is 8.74. The van der Waals surface area contributed by atoms with Crippen LogP contribution in [-0.4, -0.2) is 26.5 Å². The number of hydrogen-bond acceptors (Lipinski definition) is 4. The largest absolute Gasteiger partial charge is 0.369 e. The Kier molecular flexibility index (Phi) is 4.92. The molecule has 1 aromatic heterocycles. The second-order valence-corrected chi connectivity index (χ2v) is 6.66. The van der Waals surface area contributed by atoms with E-state index in [1.165, 1.54) is 18.5 Å². The van der Waals surface area contributed by atoms with Crippen LogP contribution in [0.2, 0.25) is 0 Å². The SMILES string of the molecule is O=S(CCNc1ncnc2ccc(F)cc12)Cc1ccccc1. The molecule has 23 heavy (non-hydrogen) atoms. The molecule has 0 aliphatic heterocycles. The van der Waals surface area contributed by atoms with Crippen LogP contribution >= 0.6 is 0 Å². The fraction of sp³-hybridized carbons (Fsp3) is 0.176. The third-order valence-electron chi connectivity index (χ3n) is 3.39. The quantitative estimate of drug-likeness (QED) is 0.755. The minimum absolute atomic E-state index is 0.331. The minimum atomic E-state index is -0.963. The van der Waals surface area contributed by atoms with Crippen LogP contribution in [0, 0.1) is 5.82 Å². The lowest BCUT2D eigenvalue weighted by molar-refractivity contribution is 0.629. The fourth-order valence-electron chi connectivity index (χ4n) is 2.29. The third kappa shape index (κ3) is 4.10. The zero-order valence-electron chi connectivity index (χ0n) is 12.4. The average Bonchev–Trinajstić information content (AvgIpc) is 2.56. The van der Waals surface area contributed by atoms with Gasteiger partial charge in [-0.15, -0.1) is 0 Å².